The molecule has 0 atom stereocenters. The normalized spacial score (nSPS) is 11.5. The molecule has 6 aromatic carbocycles. The molecule has 2 N–H and O–H groups in total. The molecule has 0 unspecified atom stereocenters. The fourth-order valence-electron chi connectivity index (χ4n) is 6.45. The van der Waals surface area contributed by atoms with Crippen LogP contribution >= 0.6 is 0 Å². The van der Waals surface area contributed by atoms with Crippen molar-refractivity contribution in [2.24, 2.45) is 10.7 Å². The van der Waals surface area contributed by atoms with Crippen molar-refractivity contribution in [2.75, 3.05) is 0 Å². The first-order valence-corrected chi connectivity index (χ1v) is 17.3. The fraction of sp³-hybridized carbons (Fsp3) is 0.0213. The second-order valence-corrected chi connectivity index (χ2v) is 12.5. The monoisotopic (exact) mass is 669 g/mol. The predicted molar refractivity (Wildman–Crippen MR) is 215 cm³/mol. The molecule has 0 aliphatic heterocycles. The number of benzene rings is 6. The van der Waals surface area contributed by atoms with Crippen molar-refractivity contribution in [1.82, 2.24) is 15.0 Å². The number of nitrogens with two attached hydrogens (primary N) is 1. The summed E-state index contributed by atoms with van der Waals surface area (Å²) in [7, 11) is 0. The quantitative estimate of drug-likeness (QED) is 0.155. The van der Waals surface area contributed by atoms with Crippen molar-refractivity contribution < 1.29 is 0 Å². The molecule has 5 nitrogen and oxygen atoms in total. The van der Waals surface area contributed by atoms with E-state index in [9.17, 15) is 0 Å². The van der Waals surface area contributed by atoms with Crippen molar-refractivity contribution >= 4 is 17.1 Å². The molecule has 2 heterocycles. The molecular formula is C47H35N5. The summed E-state index contributed by atoms with van der Waals surface area (Å²) in [6, 6.07) is 55.2. The maximum Gasteiger partial charge on any atom is 0.160 e. The zero-order valence-electron chi connectivity index (χ0n) is 28.5. The topological polar surface area (TPSA) is 77.0 Å². The SMILES string of the molecule is N/C=C\C=NCc1ccc(-c2cc(-c3ccc(-c4ccncc4)cc3)cc(-c3nc(-c4ccccc4)c4ccc(-c5ccccc5)cc4n3)c2)cc1. The molecule has 248 valence electrons. The van der Waals surface area contributed by atoms with Crippen molar-refractivity contribution in [3.8, 4) is 67.2 Å². The molecule has 52 heavy (non-hydrogen) atoms. The number of nitrogens with zero attached hydrogens (tertiary/aromatic N) is 4. The van der Waals surface area contributed by atoms with Crippen LogP contribution < -0.4 is 5.73 Å². The van der Waals surface area contributed by atoms with Crippen LogP contribution in [0.4, 0.5) is 0 Å². The first kappa shape index (κ1) is 32.2. The van der Waals surface area contributed by atoms with Crippen molar-refractivity contribution in [3.63, 3.8) is 0 Å². The summed E-state index contributed by atoms with van der Waals surface area (Å²) in [6.07, 6.45) is 8.58. The Kier molecular flexibility index (Phi) is 9.22. The number of allylic oxidation sites excluding steroid dienone is 1. The van der Waals surface area contributed by atoms with Gasteiger partial charge in [0.15, 0.2) is 5.82 Å². The van der Waals surface area contributed by atoms with Crippen LogP contribution in [0.15, 0.2) is 187 Å². The Balaban J connectivity index is 1.28. The maximum atomic E-state index is 5.45. The molecule has 0 spiro atoms. The highest BCUT2D eigenvalue weighted by atomic mass is 14.9. The van der Waals surface area contributed by atoms with E-state index in [1.807, 2.05) is 36.7 Å². The Morgan fingerprint density at radius 2 is 1.02 bits per heavy atom. The summed E-state index contributed by atoms with van der Waals surface area (Å²) in [5.41, 5.74) is 19.3. The van der Waals surface area contributed by atoms with Crippen LogP contribution in [0.1, 0.15) is 5.56 Å². The smallest absolute Gasteiger partial charge is 0.160 e. The summed E-state index contributed by atoms with van der Waals surface area (Å²) < 4.78 is 0. The number of aliphatic imine (C=N–C) groups is 1. The average Bonchev–Trinajstić information content (AvgIpc) is 3.23. The van der Waals surface area contributed by atoms with Crippen LogP contribution in [0.2, 0.25) is 0 Å². The number of rotatable bonds is 9. The third kappa shape index (κ3) is 7.02. The summed E-state index contributed by atoms with van der Waals surface area (Å²) >= 11 is 0. The first-order valence-electron chi connectivity index (χ1n) is 17.3. The third-order valence-electron chi connectivity index (χ3n) is 9.14. The van der Waals surface area contributed by atoms with Crippen LogP contribution in [0.25, 0.3) is 78.1 Å². The van der Waals surface area contributed by atoms with Crippen molar-refractivity contribution in [1.29, 1.82) is 0 Å². The van der Waals surface area contributed by atoms with Gasteiger partial charge in [-0.05, 0) is 105 Å². The minimum atomic E-state index is 0.581. The van der Waals surface area contributed by atoms with Crippen LogP contribution in [-0.4, -0.2) is 21.2 Å². The van der Waals surface area contributed by atoms with E-state index >= 15 is 0 Å². The van der Waals surface area contributed by atoms with Crippen molar-refractivity contribution in [3.05, 3.63) is 188 Å². The first-order chi connectivity index (χ1) is 25.7. The molecule has 8 aromatic rings. The lowest BCUT2D eigenvalue weighted by atomic mass is 9.94. The highest BCUT2D eigenvalue weighted by molar-refractivity contribution is 5.96. The van der Waals surface area contributed by atoms with E-state index in [0.29, 0.717) is 12.4 Å². The lowest BCUT2D eigenvalue weighted by Gasteiger charge is -2.14. The van der Waals surface area contributed by atoms with Gasteiger partial charge >= 0.3 is 0 Å². The average molecular weight is 670 g/mol. The lowest BCUT2D eigenvalue weighted by Crippen LogP contribution is -1.97. The maximum absolute atomic E-state index is 5.45. The highest BCUT2D eigenvalue weighted by Gasteiger charge is 2.15. The molecule has 0 fully saturated rings. The van der Waals surface area contributed by atoms with Gasteiger partial charge in [0.1, 0.15) is 0 Å². The predicted octanol–water partition coefficient (Wildman–Crippen LogP) is 11.1. The van der Waals surface area contributed by atoms with Gasteiger partial charge in [-0.15, -0.1) is 0 Å². The number of aromatic nitrogens is 3. The summed E-state index contributed by atoms with van der Waals surface area (Å²) in [5, 5.41) is 1.01. The summed E-state index contributed by atoms with van der Waals surface area (Å²) in [5.74, 6) is 0.673. The number of hydrogen-bond donors (Lipinski definition) is 1. The molecule has 0 radical (unpaired) electrons. The summed E-state index contributed by atoms with van der Waals surface area (Å²) in [4.78, 5) is 19.2. The minimum Gasteiger partial charge on any atom is -0.405 e. The van der Waals surface area contributed by atoms with E-state index in [2.05, 4.69) is 143 Å². The fourth-order valence-corrected chi connectivity index (χ4v) is 6.45. The Hall–Kier alpha value is -6.98. The van der Waals surface area contributed by atoms with Crippen LogP contribution in [0.5, 0.6) is 0 Å². The van der Waals surface area contributed by atoms with E-state index in [0.717, 1.165) is 77.8 Å². The van der Waals surface area contributed by atoms with Crippen LogP contribution in [-0.2, 0) is 6.54 Å². The van der Waals surface area contributed by atoms with Gasteiger partial charge in [-0.2, -0.15) is 0 Å². The zero-order valence-corrected chi connectivity index (χ0v) is 28.5. The second-order valence-electron chi connectivity index (χ2n) is 12.5. The highest BCUT2D eigenvalue weighted by Crippen LogP contribution is 2.36. The van der Waals surface area contributed by atoms with Gasteiger partial charge in [-0.25, -0.2) is 9.97 Å². The van der Waals surface area contributed by atoms with Gasteiger partial charge in [-0.3, -0.25) is 9.98 Å². The molecular weight excluding hydrogens is 635 g/mol. The standard InChI is InChI=1S/C47H35N5/c48-24-7-25-50-32-33-12-14-36(15-13-33)41-28-42(37-18-16-35(17-19-37)38-22-26-49-27-23-38)30-43(29-41)47-51-45-31-40(34-8-3-1-4-9-34)20-21-44(45)46(52-47)39-10-5-2-6-11-39/h1-31H,32,48H2/b24-7-,50-25?. The lowest BCUT2D eigenvalue weighted by molar-refractivity contribution is 1.08. The van der Waals surface area contributed by atoms with Gasteiger partial charge in [-0.1, -0.05) is 115 Å². The van der Waals surface area contributed by atoms with Crippen molar-refractivity contribution in [2.45, 2.75) is 6.54 Å². The van der Waals surface area contributed by atoms with Gasteiger partial charge < -0.3 is 5.73 Å². The largest absolute Gasteiger partial charge is 0.405 e. The molecule has 0 aliphatic rings. The number of fused-ring (bicyclic) bond motifs is 1. The van der Waals surface area contributed by atoms with E-state index in [-0.39, 0.29) is 0 Å². The van der Waals surface area contributed by atoms with Crippen LogP contribution in [0, 0.1) is 0 Å². The third-order valence-corrected chi connectivity index (χ3v) is 9.14. The Morgan fingerprint density at radius 1 is 0.481 bits per heavy atom. The van der Waals surface area contributed by atoms with Crippen LogP contribution in [0.3, 0.4) is 0 Å². The molecule has 8 rings (SSSR count). The van der Waals surface area contributed by atoms with E-state index < -0.39 is 0 Å². The number of hydrogen-bond acceptors (Lipinski definition) is 5. The molecule has 0 saturated heterocycles. The van der Waals surface area contributed by atoms with Gasteiger partial charge in [0, 0.05) is 35.1 Å². The van der Waals surface area contributed by atoms with Gasteiger partial charge in [0.2, 0.25) is 0 Å². The summed E-state index contributed by atoms with van der Waals surface area (Å²) in [6.45, 7) is 0.581. The molecule has 0 bridgehead atoms. The van der Waals surface area contributed by atoms with E-state index in [1.165, 1.54) is 6.20 Å². The molecule has 0 aliphatic carbocycles. The minimum absolute atomic E-state index is 0.581. The number of pyridine rings is 1. The molecule has 5 heteroatoms. The molecule has 0 amide bonds. The molecule has 2 aromatic heterocycles. The van der Waals surface area contributed by atoms with E-state index in [1.54, 1.807) is 12.3 Å². The second kappa shape index (κ2) is 14.9. The van der Waals surface area contributed by atoms with Gasteiger partial charge in [0.05, 0.1) is 17.8 Å². The van der Waals surface area contributed by atoms with E-state index in [4.69, 9.17) is 15.7 Å². The Bertz CT molecular complexity index is 2510. The Morgan fingerprint density at radius 3 is 1.67 bits per heavy atom. The molecule has 0 saturated carbocycles. The van der Waals surface area contributed by atoms with Gasteiger partial charge in [0.25, 0.3) is 0 Å². The Labute approximate surface area is 303 Å². The zero-order chi connectivity index (χ0) is 35.1.